The Morgan fingerprint density at radius 1 is 0.905 bits per heavy atom. The lowest BCUT2D eigenvalue weighted by Crippen LogP contribution is -2.30. The fourth-order valence-electron chi connectivity index (χ4n) is 4.52. The van der Waals surface area contributed by atoms with Crippen LogP contribution in [0.5, 0.6) is 5.75 Å². The van der Waals surface area contributed by atoms with E-state index in [9.17, 15) is 29.3 Å². The first kappa shape index (κ1) is 28.5. The van der Waals surface area contributed by atoms with Crippen molar-refractivity contribution in [3.8, 4) is 5.75 Å². The van der Waals surface area contributed by atoms with Crippen LogP contribution < -0.4 is 9.64 Å². The molecule has 0 aromatic heterocycles. The molecule has 1 atom stereocenters. The number of benzene rings is 4. The largest absolute Gasteiger partial charge is 0.496 e. The van der Waals surface area contributed by atoms with Crippen molar-refractivity contribution in [2.45, 2.75) is 6.10 Å². The highest BCUT2D eigenvalue weighted by atomic mass is 35.5. The molecule has 0 radical (unpaired) electrons. The molecule has 0 saturated carbocycles. The van der Waals surface area contributed by atoms with Gasteiger partial charge in [0.05, 0.1) is 28.3 Å². The van der Waals surface area contributed by atoms with Crippen LogP contribution in [0.15, 0.2) is 84.9 Å². The van der Waals surface area contributed by atoms with Gasteiger partial charge in [0.2, 0.25) is 5.78 Å². The van der Waals surface area contributed by atoms with Gasteiger partial charge in [-0.3, -0.25) is 24.5 Å². The highest BCUT2D eigenvalue weighted by molar-refractivity contribution is 6.40. The number of anilines is 1. The van der Waals surface area contributed by atoms with Crippen molar-refractivity contribution in [1.29, 1.82) is 0 Å². The van der Waals surface area contributed by atoms with Gasteiger partial charge in [-0.15, -0.1) is 0 Å². The number of nitrogens with zero attached hydrogens (tertiary/aromatic N) is 2. The molecule has 0 aliphatic carbocycles. The summed E-state index contributed by atoms with van der Waals surface area (Å²) in [7, 11) is 1.24. The van der Waals surface area contributed by atoms with Gasteiger partial charge >= 0.3 is 5.97 Å². The molecule has 4 aromatic carbocycles. The molecule has 0 fully saturated rings. The molecule has 0 N–H and O–H groups in total. The number of rotatable bonds is 8. The van der Waals surface area contributed by atoms with E-state index in [0.29, 0.717) is 15.5 Å². The normalized spacial score (nSPS) is 13.0. The molecule has 0 bridgehead atoms. The first-order chi connectivity index (χ1) is 20.1. The molecule has 12 heteroatoms. The van der Waals surface area contributed by atoms with Crippen LogP contribution in [0.1, 0.15) is 53.1 Å². The second kappa shape index (κ2) is 11.4. The lowest BCUT2D eigenvalue weighted by molar-refractivity contribution is -0.385. The van der Waals surface area contributed by atoms with Crippen LogP contribution in [0.3, 0.4) is 0 Å². The van der Waals surface area contributed by atoms with Gasteiger partial charge in [-0.2, -0.15) is 0 Å². The molecule has 1 aliphatic rings. The monoisotopic (exact) mass is 604 g/mol. The lowest BCUT2D eigenvalue weighted by atomic mass is 9.99. The second-order valence-electron chi connectivity index (χ2n) is 8.97. The van der Waals surface area contributed by atoms with Crippen LogP contribution in [-0.4, -0.2) is 35.6 Å². The van der Waals surface area contributed by atoms with Gasteiger partial charge in [0, 0.05) is 28.3 Å². The van der Waals surface area contributed by atoms with Crippen molar-refractivity contribution in [2.75, 3.05) is 12.0 Å². The number of hydrogen-bond acceptors (Lipinski definition) is 8. The molecule has 5 rings (SSSR count). The Morgan fingerprint density at radius 3 is 2.24 bits per heavy atom. The van der Waals surface area contributed by atoms with Crippen LogP contribution >= 0.6 is 23.2 Å². The van der Waals surface area contributed by atoms with E-state index in [2.05, 4.69) is 0 Å². The number of methoxy groups -OCH3 is 1. The number of carbonyl (C=O) groups is 4. The molecule has 210 valence electrons. The SMILES string of the molecule is COc1cc(N2C(=O)c3cccc([N+](=O)[O-])c3C2=O)c(Cl)cc1C(=O)O[C@@H](C(=O)c1ccc(Cl)cc1)c1ccccc1. The highest BCUT2D eigenvalue weighted by Crippen LogP contribution is 2.40. The first-order valence-electron chi connectivity index (χ1n) is 12.2. The second-order valence-corrected chi connectivity index (χ2v) is 9.82. The Hall–Kier alpha value is -5.06. The van der Waals surface area contributed by atoms with Crippen LogP contribution in [0.25, 0.3) is 0 Å². The summed E-state index contributed by atoms with van der Waals surface area (Å²) < 4.78 is 11.0. The summed E-state index contributed by atoms with van der Waals surface area (Å²) in [5.74, 6) is -3.42. The summed E-state index contributed by atoms with van der Waals surface area (Å²) >= 11 is 12.4. The predicted molar refractivity (Wildman–Crippen MR) is 153 cm³/mol. The molecular formula is C30H18Cl2N2O8. The minimum Gasteiger partial charge on any atom is -0.496 e. The number of ether oxygens (including phenoxy) is 2. The Morgan fingerprint density at radius 2 is 1.60 bits per heavy atom. The average Bonchev–Trinajstić information content (AvgIpc) is 3.25. The Kier molecular flexibility index (Phi) is 7.75. The molecular weight excluding hydrogens is 587 g/mol. The van der Waals surface area contributed by atoms with Gasteiger partial charge < -0.3 is 9.47 Å². The van der Waals surface area contributed by atoms with Crippen LogP contribution in [0, 0.1) is 10.1 Å². The van der Waals surface area contributed by atoms with Crippen molar-refractivity contribution in [3.63, 3.8) is 0 Å². The first-order valence-corrected chi connectivity index (χ1v) is 13.0. The van der Waals surface area contributed by atoms with E-state index in [1.165, 1.54) is 49.6 Å². The van der Waals surface area contributed by atoms with Gasteiger partial charge in [-0.05, 0) is 36.4 Å². The van der Waals surface area contributed by atoms with Crippen LogP contribution in [0.2, 0.25) is 10.0 Å². The molecule has 2 amide bonds. The zero-order valence-electron chi connectivity index (χ0n) is 21.6. The van der Waals surface area contributed by atoms with E-state index in [0.717, 1.165) is 12.1 Å². The van der Waals surface area contributed by atoms with E-state index in [4.69, 9.17) is 32.7 Å². The average molecular weight is 605 g/mol. The van der Waals surface area contributed by atoms with Gasteiger partial charge in [0.1, 0.15) is 16.9 Å². The summed E-state index contributed by atoms with van der Waals surface area (Å²) in [6.45, 7) is 0. The standard InChI is InChI=1S/C30H18Cl2N2O8/c1-41-24-15-23(33-28(36)19-8-5-9-22(34(39)40)25(19)29(33)37)21(32)14-20(24)30(38)42-27(17-6-3-2-4-7-17)26(35)16-10-12-18(31)13-11-16/h2-15,27H,1H3/t27-/m1/s1. The number of nitro benzene ring substituents is 1. The Bertz CT molecular complexity index is 1770. The van der Waals surface area contributed by atoms with E-state index in [1.807, 2.05) is 0 Å². The van der Waals surface area contributed by atoms with Crippen molar-refractivity contribution in [3.05, 3.63) is 133 Å². The third kappa shape index (κ3) is 5.09. The number of hydrogen-bond donors (Lipinski definition) is 0. The molecule has 0 saturated heterocycles. The van der Waals surface area contributed by atoms with E-state index >= 15 is 0 Å². The van der Waals surface area contributed by atoms with Crippen LogP contribution in [-0.2, 0) is 4.74 Å². The lowest BCUT2D eigenvalue weighted by Gasteiger charge is -2.20. The third-order valence-electron chi connectivity index (χ3n) is 6.51. The number of halogens is 2. The van der Waals surface area contributed by atoms with E-state index in [-0.39, 0.29) is 38.7 Å². The van der Waals surface area contributed by atoms with Gasteiger partial charge in [0.15, 0.2) is 6.10 Å². The van der Waals surface area contributed by atoms with E-state index < -0.39 is 40.3 Å². The summed E-state index contributed by atoms with van der Waals surface area (Å²) in [5.41, 5.74) is -0.784. The number of esters is 1. The van der Waals surface area contributed by atoms with Crippen molar-refractivity contribution in [2.24, 2.45) is 0 Å². The third-order valence-corrected chi connectivity index (χ3v) is 7.07. The summed E-state index contributed by atoms with van der Waals surface area (Å²) in [6, 6.07) is 20.4. The molecule has 4 aromatic rings. The smallest absolute Gasteiger partial charge is 0.343 e. The van der Waals surface area contributed by atoms with Crippen molar-refractivity contribution < 1.29 is 33.6 Å². The molecule has 0 spiro atoms. The van der Waals surface area contributed by atoms with Crippen LogP contribution in [0.4, 0.5) is 11.4 Å². The zero-order valence-corrected chi connectivity index (χ0v) is 23.1. The number of fused-ring (bicyclic) bond motifs is 1. The van der Waals surface area contributed by atoms with Gasteiger partial charge in [-0.25, -0.2) is 9.69 Å². The zero-order chi connectivity index (χ0) is 30.1. The fraction of sp³-hybridized carbons (Fsp3) is 0.0667. The number of carbonyl (C=O) groups excluding carboxylic acids is 4. The molecule has 10 nitrogen and oxygen atoms in total. The number of imide groups is 1. The maximum atomic E-state index is 13.5. The van der Waals surface area contributed by atoms with Crippen molar-refractivity contribution >= 4 is 58.1 Å². The fourth-order valence-corrected chi connectivity index (χ4v) is 4.89. The highest BCUT2D eigenvalue weighted by Gasteiger charge is 2.43. The Balaban J connectivity index is 1.50. The van der Waals surface area contributed by atoms with Gasteiger partial charge in [0.25, 0.3) is 17.5 Å². The number of ketones is 1. The van der Waals surface area contributed by atoms with Gasteiger partial charge in [-0.1, -0.05) is 59.6 Å². The summed E-state index contributed by atoms with van der Waals surface area (Å²) in [5, 5.41) is 11.7. The number of Topliss-reactive ketones (excluding diaryl/α,β-unsaturated/α-hetero) is 1. The Labute approximate surface area is 248 Å². The predicted octanol–water partition coefficient (Wildman–Crippen LogP) is 6.49. The topological polar surface area (TPSA) is 133 Å². The quantitative estimate of drug-likeness (QED) is 0.0732. The minimum absolute atomic E-state index is 0.129. The number of nitro groups is 1. The van der Waals surface area contributed by atoms with Crippen molar-refractivity contribution in [1.82, 2.24) is 0 Å². The minimum atomic E-state index is -1.35. The molecule has 0 unspecified atom stereocenters. The van der Waals surface area contributed by atoms with E-state index in [1.54, 1.807) is 30.3 Å². The number of amides is 2. The molecule has 1 heterocycles. The molecule has 42 heavy (non-hydrogen) atoms. The maximum Gasteiger partial charge on any atom is 0.343 e. The molecule has 1 aliphatic heterocycles. The summed E-state index contributed by atoms with van der Waals surface area (Å²) in [4.78, 5) is 64.6. The summed E-state index contributed by atoms with van der Waals surface area (Å²) in [6.07, 6.45) is -1.35. The maximum absolute atomic E-state index is 13.5.